The van der Waals surface area contributed by atoms with Crippen LogP contribution in [0.4, 0.5) is 17.1 Å². The zero-order valence-corrected chi connectivity index (χ0v) is 29.6. The first-order chi connectivity index (χ1) is 25.7. The van der Waals surface area contributed by atoms with Crippen molar-refractivity contribution in [3.63, 3.8) is 0 Å². The maximum absolute atomic E-state index is 6.37. The van der Waals surface area contributed by atoms with E-state index >= 15 is 0 Å². The Balaban J connectivity index is 1.10. The number of furan rings is 1. The van der Waals surface area contributed by atoms with E-state index in [1.165, 1.54) is 21.9 Å². The normalized spacial score (nSPS) is 11.6. The van der Waals surface area contributed by atoms with Crippen molar-refractivity contribution in [3.8, 4) is 32.8 Å². The van der Waals surface area contributed by atoms with E-state index in [0.29, 0.717) is 0 Å². The van der Waals surface area contributed by atoms with Crippen LogP contribution in [0.3, 0.4) is 0 Å². The average Bonchev–Trinajstić information content (AvgIpc) is 3.79. The Kier molecular flexibility index (Phi) is 7.41. The van der Waals surface area contributed by atoms with Crippen molar-refractivity contribution in [3.05, 3.63) is 176 Å². The lowest BCUT2D eigenvalue weighted by atomic mass is 9.98. The second-order valence-corrected chi connectivity index (χ2v) is 14.5. The molecule has 10 rings (SSSR count). The van der Waals surface area contributed by atoms with Crippen LogP contribution in [-0.4, -0.2) is 4.98 Å². The molecular weight excluding hydrogens is 673 g/mol. The molecule has 0 aliphatic carbocycles. The SMILES string of the molecule is Sc1cc2nc(-c3ccccc3)sc2cc1-c1cccc(N(c2ccc(-c3cccc4ccccc34)cc2)c2ccc3c(c2)oc2ccccc23)c1. The van der Waals surface area contributed by atoms with Gasteiger partial charge in [-0.2, -0.15) is 0 Å². The molecule has 0 atom stereocenters. The van der Waals surface area contributed by atoms with Crippen molar-refractivity contribution in [2.75, 3.05) is 4.90 Å². The Morgan fingerprint density at radius 1 is 0.481 bits per heavy atom. The van der Waals surface area contributed by atoms with Crippen LogP contribution < -0.4 is 4.90 Å². The van der Waals surface area contributed by atoms with E-state index in [1.807, 2.05) is 18.2 Å². The lowest BCUT2D eigenvalue weighted by molar-refractivity contribution is 0.669. The highest BCUT2D eigenvalue weighted by atomic mass is 32.1. The maximum atomic E-state index is 6.37. The number of aromatic nitrogens is 1. The molecule has 2 heterocycles. The van der Waals surface area contributed by atoms with E-state index in [0.717, 1.165) is 75.8 Å². The van der Waals surface area contributed by atoms with Crippen LogP contribution in [0.25, 0.3) is 75.8 Å². The van der Waals surface area contributed by atoms with Crippen molar-refractivity contribution in [1.29, 1.82) is 0 Å². The summed E-state index contributed by atoms with van der Waals surface area (Å²) >= 11 is 6.69. The molecule has 0 fully saturated rings. The first-order valence-electron chi connectivity index (χ1n) is 17.3. The average molecular weight is 703 g/mol. The molecule has 8 aromatic carbocycles. The number of rotatable bonds is 6. The summed E-state index contributed by atoms with van der Waals surface area (Å²) in [5, 5.41) is 5.71. The molecule has 52 heavy (non-hydrogen) atoms. The van der Waals surface area contributed by atoms with Crippen LogP contribution in [0.2, 0.25) is 0 Å². The number of para-hydroxylation sites is 1. The highest BCUT2D eigenvalue weighted by Crippen LogP contribution is 2.42. The third kappa shape index (κ3) is 5.34. The molecule has 0 saturated carbocycles. The Morgan fingerprint density at radius 3 is 2.06 bits per heavy atom. The van der Waals surface area contributed by atoms with Gasteiger partial charge in [-0.3, -0.25) is 0 Å². The smallest absolute Gasteiger partial charge is 0.137 e. The van der Waals surface area contributed by atoms with Crippen LogP contribution >= 0.6 is 24.0 Å². The predicted octanol–water partition coefficient (Wildman–Crippen LogP) is 14.1. The Labute approximate surface area is 310 Å². The Bertz CT molecular complexity index is 2920. The summed E-state index contributed by atoms with van der Waals surface area (Å²) in [4.78, 5) is 8.14. The monoisotopic (exact) mass is 702 g/mol. The van der Waals surface area contributed by atoms with Gasteiger partial charge >= 0.3 is 0 Å². The second kappa shape index (κ2) is 12.6. The van der Waals surface area contributed by atoms with E-state index in [2.05, 4.69) is 163 Å². The molecule has 0 unspecified atom stereocenters. The summed E-state index contributed by atoms with van der Waals surface area (Å²) in [7, 11) is 0. The number of nitrogens with zero attached hydrogens (tertiary/aromatic N) is 2. The summed E-state index contributed by atoms with van der Waals surface area (Å²) in [6, 6.07) is 62.0. The van der Waals surface area contributed by atoms with E-state index < -0.39 is 0 Å². The largest absolute Gasteiger partial charge is 0.456 e. The number of thiazole rings is 1. The molecule has 0 amide bonds. The van der Waals surface area contributed by atoms with Crippen molar-refractivity contribution in [2.24, 2.45) is 0 Å². The van der Waals surface area contributed by atoms with E-state index in [9.17, 15) is 0 Å². The van der Waals surface area contributed by atoms with Gasteiger partial charge in [0.15, 0.2) is 0 Å². The highest BCUT2D eigenvalue weighted by molar-refractivity contribution is 7.80. The molecule has 0 aliphatic rings. The van der Waals surface area contributed by atoms with Gasteiger partial charge < -0.3 is 9.32 Å². The number of anilines is 3. The van der Waals surface area contributed by atoms with Crippen molar-refractivity contribution >= 4 is 84.0 Å². The zero-order valence-electron chi connectivity index (χ0n) is 27.9. The third-order valence-corrected chi connectivity index (χ3v) is 11.2. The summed E-state index contributed by atoms with van der Waals surface area (Å²) in [6.45, 7) is 0. The number of hydrogen-bond acceptors (Lipinski definition) is 5. The van der Waals surface area contributed by atoms with Crippen molar-refractivity contribution in [2.45, 2.75) is 4.90 Å². The standard InChI is InChI=1S/C47H30N2OS2/c51-45-29-42-46(52-47(48-42)32-11-2-1-3-12-32)28-41(45)33-14-8-15-35(26-33)49(36-24-25-40-39-17-6-7-19-43(39)50-44(40)27-36)34-22-20-31(21-23-34)38-18-9-13-30-10-4-5-16-37(30)38/h1-29,51H. The number of thiol groups is 1. The van der Waals surface area contributed by atoms with Crippen LogP contribution in [-0.2, 0) is 0 Å². The van der Waals surface area contributed by atoms with Gasteiger partial charge in [0.1, 0.15) is 16.2 Å². The van der Waals surface area contributed by atoms with Gasteiger partial charge in [-0.25, -0.2) is 4.98 Å². The van der Waals surface area contributed by atoms with Gasteiger partial charge in [-0.15, -0.1) is 24.0 Å². The van der Waals surface area contributed by atoms with Crippen molar-refractivity contribution < 1.29 is 4.42 Å². The van der Waals surface area contributed by atoms with Gasteiger partial charge in [0.2, 0.25) is 0 Å². The highest BCUT2D eigenvalue weighted by Gasteiger charge is 2.18. The van der Waals surface area contributed by atoms with Crippen LogP contribution in [0.5, 0.6) is 0 Å². The fourth-order valence-electron chi connectivity index (χ4n) is 7.28. The van der Waals surface area contributed by atoms with E-state index in [-0.39, 0.29) is 0 Å². The van der Waals surface area contributed by atoms with Gasteiger partial charge in [0.25, 0.3) is 0 Å². The number of benzene rings is 8. The predicted molar refractivity (Wildman–Crippen MR) is 223 cm³/mol. The second-order valence-electron chi connectivity index (χ2n) is 13.0. The first kappa shape index (κ1) is 30.7. The lowest BCUT2D eigenvalue weighted by Crippen LogP contribution is -2.10. The topological polar surface area (TPSA) is 29.3 Å². The Hall–Kier alpha value is -6.14. The van der Waals surface area contributed by atoms with Gasteiger partial charge in [-0.1, -0.05) is 115 Å². The van der Waals surface area contributed by atoms with Crippen molar-refractivity contribution in [1.82, 2.24) is 4.98 Å². The molecule has 0 spiro atoms. The van der Waals surface area contributed by atoms with Crippen LogP contribution in [0, 0.1) is 0 Å². The summed E-state index contributed by atoms with van der Waals surface area (Å²) in [5.41, 5.74) is 11.5. The molecule has 0 bridgehead atoms. The number of hydrogen-bond donors (Lipinski definition) is 1. The van der Waals surface area contributed by atoms with E-state index in [1.54, 1.807) is 11.3 Å². The Morgan fingerprint density at radius 2 is 1.17 bits per heavy atom. The molecule has 5 heteroatoms. The molecule has 0 N–H and O–H groups in total. The quantitative estimate of drug-likeness (QED) is 0.175. The minimum absolute atomic E-state index is 0.856. The molecular formula is C47H30N2OS2. The summed E-state index contributed by atoms with van der Waals surface area (Å²) < 4.78 is 7.51. The molecule has 0 aliphatic heterocycles. The zero-order chi connectivity index (χ0) is 34.6. The first-order valence-corrected chi connectivity index (χ1v) is 18.5. The molecule has 0 radical (unpaired) electrons. The fourth-order valence-corrected chi connectivity index (χ4v) is 8.59. The van der Waals surface area contributed by atoms with Gasteiger partial charge in [-0.05, 0) is 87.6 Å². The molecule has 0 saturated heterocycles. The minimum atomic E-state index is 0.856. The third-order valence-electron chi connectivity index (χ3n) is 9.79. The van der Waals surface area contributed by atoms with Crippen LogP contribution in [0.1, 0.15) is 0 Å². The fraction of sp³-hybridized carbons (Fsp3) is 0. The maximum Gasteiger partial charge on any atom is 0.137 e. The van der Waals surface area contributed by atoms with E-state index in [4.69, 9.17) is 22.0 Å². The minimum Gasteiger partial charge on any atom is -0.456 e. The molecule has 3 nitrogen and oxygen atoms in total. The molecule has 246 valence electrons. The summed E-state index contributed by atoms with van der Waals surface area (Å²) in [6.07, 6.45) is 0. The van der Waals surface area contributed by atoms with Crippen LogP contribution in [0.15, 0.2) is 185 Å². The number of fused-ring (bicyclic) bond motifs is 5. The summed E-state index contributed by atoms with van der Waals surface area (Å²) in [5.74, 6) is 0. The van der Waals surface area contributed by atoms with Gasteiger partial charge in [0, 0.05) is 44.4 Å². The van der Waals surface area contributed by atoms with Gasteiger partial charge in [0.05, 0.1) is 10.2 Å². The molecule has 2 aromatic heterocycles. The molecule has 10 aromatic rings. The lowest BCUT2D eigenvalue weighted by Gasteiger charge is -2.26.